The van der Waals surface area contributed by atoms with Crippen LogP contribution < -0.4 is 0 Å². The van der Waals surface area contributed by atoms with Crippen molar-refractivity contribution in [2.45, 2.75) is 84.5 Å². The Balaban J connectivity index is 3.16. The van der Waals surface area contributed by atoms with Crippen LogP contribution in [-0.4, -0.2) is 5.97 Å². The van der Waals surface area contributed by atoms with E-state index in [0.717, 1.165) is 19.3 Å². The molecule has 116 valence electrons. The number of carbonyl (C=O) groups excluding carboxylic acids is 1. The SMILES string of the molecule is CCCCCCCCC/C=C\CCC/C=C/OC(C)=O. The molecule has 0 N–H and O–H groups in total. The Morgan fingerprint density at radius 3 is 2.00 bits per heavy atom. The molecule has 0 atom stereocenters. The molecule has 0 aromatic rings. The lowest BCUT2D eigenvalue weighted by Gasteiger charge is -1.98. The number of ether oxygens (including phenoxy) is 1. The second-order valence-corrected chi connectivity index (χ2v) is 5.29. The molecule has 0 amide bonds. The van der Waals surface area contributed by atoms with Crippen LogP contribution in [0.2, 0.25) is 0 Å². The van der Waals surface area contributed by atoms with E-state index in [-0.39, 0.29) is 5.97 Å². The van der Waals surface area contributed by atoms with Crippen molar-refractivity contribution in [3.63, 3.8) is 0 Å². The highest BCUT2D eigenvalue weighted by Crippen LogP contribution is 2.09. The molecular weight excluding hydrogens is 248 g/mol. The number of allylic oxidation sites excluding steroid dienone is 3. The number of unbranched alkanes of at least 4 members (excludes halogenated alkanes) is 9. The predicted molar refractivity (Wildman–Crippen MR) is 86.5 cm³/mol. The van der Waals surface area contributed by atoms with Crippen LogP contribution in [0.25, 0.3) is 0 Å². The first-order valence-corrected chi connectivity index (χ1v) is 8.24. The van der Waals surface area contributed by atoms with Gasteiger partial charge < -0.3 is 4.74 Å². The second-order valence-electron chi connectivity index (χ2n) is 5.29. The average molecular weight is 280 g/mol. The average Bonchev–Trinajstić information content (AvgIpc) is 2.43. The molecular formula is C18H32O2. The fourth-order valence-corrected chi connectivity index (χ4v) is 2.02. The van der Waals surface area contributed by atoms with Crippen molar-refractivity contribution in [3.8, 4) is 0 Å². The third-order valence-electron chi connectivity index (χ3n) is 3.21. The fourth-order valence-electron chi connectivity index (χ4n) is 2.02. The van der Waals surface area contributed by atoms with Crippen LogP contribution >= 0.6 is 0 Å². The van der Waals surface area contributed by atoms with Crippen LogP contribution in [0.3, 0.4) is 0 Å². The van der Waals surface area contributed by atoms with Gasteiger partial charge in [-0.05, 0) is 38.2 Å². The zero-order valence-electron chi connectivity index (χ0n) is 13.4. The first-order valence-electron chi connectivity index (χ1n) is 8.24. The zero-order chi connectivity index (χ0) is 14.9. The third kappa shape index (κ3) is 16.9. The molecule has 0 saturated heterocycles. The molecule has 0 fully saturated rings. The predicted octanol–water partition coefficient (Wildman–Crippen LogP) is 5.93. The lowest BCUT2D eigenvalue weighted by molar-refractivity contribution is -0.135. The van der Waals surface area contributed by atoms with Crippen LogP contribution in [0.4, 0.5) is 0 Å². The lowest BCUT2D eigenvalue weighted by atomic mass is 10.1. The largest absolute Gasteiger partial charge is 0.435 e. The normalized spacial score (nSPS) is 11.5. The van der Waals surface area contributed by atoms with E-state index in [9.17, 15) is 4.79 Å². The molecule has 0 aliphatic carbocycles. The van der Waals surface area contributed by atoms with Crippen LogP contribution in [-0.2, 0) is 9.53 Å². The Hall–Kier alpha value is -1.05. The maximum Gasteiger partial charge on any atom is 0.307 e. The number of rotatable bonds is 13. The van der Waals surface area contributed by atoms with Crippen molar-refractivity contribution in [2.75, 3.05) is 0 Å². The van der Waals surface area contributed by atoms with Gasteiger partial charge in [-0.15, -0.1) is 0 Å². The summed E-state index contributed by atoms with van der Waals surface area (Å²) in [6.45, 7) is 3.67. The van der Waals surface area contributed by atoms with Crippen LogP contribution in [0.1, 0.15) is 84.5 Å². The molecule has 0 bridgehead atoms. The summed E-state index contributed by atoms with van der Waals surface area (Å²) >= 11 is 0. The number of hydrogen-bond acceptors (Lipinski definition) is 2. The van der Waals surface area contributed by atoms with E-state index < -0.39 is 0 Å². The molecule has 0 aromatic heterocycles. The quantitative estimate of drug-likeness (QED) is 0.181. The summed E-state index contributed by atoms with van der Waals surface area (Å²) in [6, 6.07) is 0. The first-order chi connectivity index (χ1) is 9.77. The van der Waals surface area contributed by atoms with E-state index in [4.69, 9.17) is 4.74 Å². The molecule has 2 nitrogen and oxygen atoms in total. The molecule has 0 heterocycles. The highest BCUT2D eigenvalue weighted by atomic mass is 16.5. The summed E-state index contributed by atoms with van der Waals surface area (Å²) < 4.78 is 4.71. The fraction of sp³-hybridized carbons (Fsp3) is 0.722. The van der Waals surface area contributed by atoms with Crippen molar-refractivity contribution >= 4 is 5.97 Å². The Morgan fingerprint density at radius 2 is 1.35 bits per heavy atom. The van der Waals surface area contributed by atoms with Gasteiger partial charge in [-0.2, -0.15) is 0 Å². The van der Waals surface area contributed by atoms with E-state index >= 15 is 0 Å². The van der Waals surface area contributed by atoms with Gasteiger partial charge in [-0.1, -0.05) is 57.6 Å². The Kier molecular flexibility index (Phi) is 15.2. The van der Waals surface area contributed by atoms with Gasteiger partial charge in [-0.3, -0.25) is 4.79 Å². The standard InChI is InChI=1S/C18H32O2/c1-3-4-5-6-7-8-9-10-11-12-13-14-15-16-17-20-18(2)19/h11-12,16-17H,3-10,13-15H2,1-2H3/b12-11-,17-16+. The minimum atomic E-state index is -0.254. The molecule has 0 aliphatic rings. The summed E-state index contributed by atoms with van der Waals surface area (Å²) in [7, 11) is 0. The van der Waals surface area contributed by atoms with Gasteiger partial charge in [0, 0.05) is 6.92 Å². The summed E-state index contributed by atoms with van der Waals surface area (Å²) in [6.07, 6.45) is 22.0. The maximum absolute atomic E-state index is 10.5. The van der Waals surface area contributed by atoms with E-state index in [1.807, 2.05) is 6.08 Å². The Bertz CT molecular complexity index is 267. The van der Waals surface area contributed by atoms with Crippen molar-refractivity contribution in [1.82, 2.24) is 0 Å². The minimum absolute atomic E-state index is 0.254. The summed E-state index contributed by atoms with van der Waals surface area (Å²) in [5, 5.41) is 0. The molecule has 0 saturated carbocycles. The van der Waals surface area contributed by atoms with Gasteiger partial charge in [0.05, 0.1) is 6.26 Å². The van der Waals surface area contributed by atoms with E-state index in [1.165, 1.54) is 64.6 Å². The minimum Gasteiger partial charge on any atom is -0.435 e. The first kappa shape index (κ1) is 18.9. The molecule has 20 heavy (non-hydrogen) atoms. The molecule has 0 radical (unpaired) electrons. The van der Waals surface area contributed by atoms with E-state index in [2.05, 4.69) is 19.1 Å². The van der Waals surface area contributed by atoms with Gasteiger partial charge >= 0.3 is 5.97 Å². The van der Waals surface area contributed by atoms with Crippen LogP contribution in [0, 0.1) is 0 Å². The van der Waals surface area contributed by atoms with Crippen LogP contribution in [0.5, 0.6) is 0 Å². The summed E-state index contributed by atoms with van der Waals surface area (Å²) in [5.74, 6) is -0.254. The van der Waals surface area contributed by atoms with Gasteiger partial charge in [-0.25, -0.2) is 0 Å². The maximum atomic E-state index is 10.5. The summed E-state index contributed by atoms with van der Waals surface area (Å²) in [5.41, 5.74) is 0. The molecule has 2 heteroatoms. The monoisotopic (exact) mass is 280 g/mol. The Morgan fingerprint density at radius 1 is 0.800 bits per heavy atom. The number of hydrogen-bond donors (Lipinski definition) is 0. The lowest BCUT2D eigenvalue weighted by Crippen LogP contribution is -1.89. The van der Waals surface area contributed by atoms with Crippen molar-refractivity contribution in [3.05, 3.63) is 24.5 Å². The van der Waals surface area contributed by atoms with Gasteiger partial charge in [0.15, 0.2) is 0 Å². The van der Waals surface area contributed by atoms with Crippen molar-refractivity contribution in [1.29, 1.82) is 0 Å². The second kappa shape index (κ2) is 16.0. The Labute approximate surface area is 125 Å². The zero-order valence-corrected chi connectivity index (χ0v) is 13.4. The topological polar surface area (TPSA) is 26.3 Å². The van der Waals surface area contributed by atoms with Gasteiger partial charge in [0.1, 0.15) is 0 Å². The summed E-state index contributed by atoms with van der Waals surface area (Å²) in [4.78, 5) is 10.5. The highest BCUT2D eigenvalue weighted by Gasteiger charge is 1.89. The third-order valence-corrected chi connectivity index (χ3v) is 3.21. The molecule has 0 unspecified atom stereocenters. The van der Waals surface area contributed by atoms with Crippen LogP contribution in [0.15, 0.2) is 24.5 Å². The molecule has 0 spiro atoms. The molecule has 0 rings (SSSR count). The highest BCUT2D eigenvalue weighted by molar-refractivity contribution is 5.66. The smallest absolute Gasteiger partial charge is 0.307 e. The van der Waals surface area contributed by atoms with Crippen molar-refractivity contribution < 1.29 is 9.53 Å². The number of esters is 1. The molecule has 0 aromatic carbocycles. The number of carbonyl (C=O) groups is 1. The molecule has 0 aliphatic heterocycles. The van der Waals surface area contributed by atoms with E-state index in [0.29, 0.717) is 0 Å². The van der Waals surface area contributed by atoms with E-state index in [1.54, 1.807) is 0 Å². The van der Waals surface area contributed by atoms with Crippen molar-refractivity contribution in [2.24, 2.45) is 0 Å². The van der Waals surface area contributed by atoms with Gasteiger partial charge in [0.2, 0.25) is 0 Å². The van der Waals surface area contributed by atoms with Gasteiger partial charge in [0.25, 0.3) is 0 Å².